The van der Waals surface area contributed by atoms with Gasteiger partial charge in [-0.05, 0) is 44.8 Å². The number of carbonyl (C=O) groups excluding carboxylic acids is 1. The van der Waals surface area contributed by atoms with Crippen LogP contribution >= 0.6 is 11.8 Å². The van der Waals surface area contributed by atoms with Gasteiger partial charge in [0.15, 0.2) is 0 Å². The topological polar surface area (TPSA) is 47.6 Å². The molecule has 0 heterocycles. The molecule has 0 saturated heterocycles. The van der Waals surface area contributed by atoms with Gasteiger partial charge >= 0.3 is 5.97 Å². The summed E-state index contributed by atoms with van der Waals surface area (Å²) in [5, 5.41) is 3.47. The first kappa shape index (κ1) is 16.8. The molecule has 19 heavy (non-hydrogen) atoms. The van der Waals surface area contributed by atoms with Crippen LogP contribution < -0.4 is 5.32 Å². The highest BCUT2D eigenvalue weighted by molar-refractivity contribution is 7.99. The number of thioether (sulfide) groups is 1. The van der Waals surface area contributed by atoms with Crippen molar-refractivity contribution < 1.29 is 14.3 Å². The van der Waals surface area contributed by atoms with E-state index in [4.69, 9.17) is 9.47 Å². The lowest BCUT2D eigenvalue weighted by atomic mass is 9.94. The third-order valence-electron chi connectivity index (χ3n) is 3.34. The smallest absolute Gasteiger partial charge is 0.327 e. The van der Waals surface area contributed by atoms with E-state index in [-0.39, 0.29) is 12.0 Å². The number of hydrogen-bond acceptors (Lipinski definition) is 5. The van der Waals surface area contributed by atoms with Gasteiger partial charge < -0.3 is 9.47 Å². The van der Waals surface area contributed by atoms with Crippen LogP contribution in [0.2, 0.25) is 0 Å². The number of carbonyl (C=O) groups is 1. The highest BCUT2D eigenvalue weighted by Crippen LogP contribution is 2.42. The van der Waals surface area contributed by atoms with Crippen LogP contribution in [0.5, 0.6) is 0 Å². The largest absolute Gasteiger partial charge is 0.468 e. The molecule has 1 unspecified atom stereocenters. The minimum Gasteiger partial charge on any atom is -0.468 e. The van der Waals surface area contributed by atoms with Gasteiger partial charge in [0.25, 0.3) is 0 Å². The Balaban J connectivity index is 2.59. The normalized spacial score (nSPS) is 18.4. The third kappa shape index (κ3) is 4.97. The molecule has 1 rings (SSSR count). The van der Waals surface area contributed by atoms with Crippen LogP contribution in [-0.2, 0) is 14.3 Å². The minimum atomic E-state index is -0.499. The molecule has 1 saturated carbocycles. The Morgan fingerprint density at radius 3 is 2.58 bits per heavy atom. The van der Waals surface area contributed by atoms with Gasteiger partial charge in [-0.3, -0.25) is 10.1 Å². The van der Waals surface area contributed by atoms with Gasteiger partial charge in [0, 0.05) is 25.5 Å². The lowest BCUT2D eigenvalue weighted by molar-refractivity contribution is -0.148. The molecule has 112 valence electrons. The van der Waals surface area contributed by atoms with Crippen LogP contribution in [-0.4, -0.2) is 49.9 Å². The lowest BCUT2D eigenvalue weighted by Crippen LogP contribution is -2.59. The van der Waals surface area contributed by atoms with Crippen molar-refractivity contribution in [2.24, 2.45) is 5.92 Å². The first-order chi connectivity index (χ1) is 9.06. The van der Waals surface area contributed by atoms with Crippen molar-refractivity contribution >= 4 is 17.7 Å². The maximum atomic E-state index is 12.2. The monoisotopic (exact) mass is 289 g/mol. The molecule has 0 aromatic heterocycles. The minimum absolute atomic E-state index is 0.108. The standard InChI is InChI=1S/C14H27NO3S/c1-11(2)15-14(12-6-7-12,13(16)18-4)10-19-9-5-8-17-3/h11-12,15H,5-10H2,1-4H3. The Hall–Kier alpha value is -0.260. The Kier molecular flexibility index (Phi) is 7.18. The van der Waals surface area contributed by atoms with Gasteiger partial charge in [-0.2, -0.15) is 11.8 Å². The van der Waals surface area contributed by atoms with Crippen molar-refractivity contribution in [1.82, 2.24) is 5.32 Å². The number of ether oxygens (including phenoxy) is 2. The van der Waals surface area contributed by atoms with Gasteiger partial charge in [-0.25, -0.2) is 0 Å². The van der Waals surface area contributed by atoms with E-state index in [1.165, 1.54) is 7.11 Å². The fourth-order valence-electron chi connectivity index (χ4n) is 2.37. The summed E-state index contributed by atoms with van der Waals surface area (Å²) in [4.78, 5) is 12.2. The summed E-state index contributed by atoms with van der Waals surface area (Å²) in [5.74, 6) is 2.12. The van der Waals surface area contributed by atoms with Gasteiger partial charge in [-0.15, -0.1) is 0 Å². The summed E-state index contributed by atoms with van der Waals surface area (Å²) < 4.78 is 10.1. The number of esters is 1. The Morgan fingerprint density at radius 2 is 2.11 bits per heavy atom. The molecule has 0 bridgehead atoms. The van der Waals surface area contributed by atoms with Crippen LogP contribution in [0.1, 0.15) is 33.1 Å². The second-order valence-electron chi connectivity index (χ2n) is 5.44. The molecule has 0 aliphatic heterocycles. The SMILES string of the molecule is COCCCSCC(NC(C)C)(C(=O)OC)C1CC1. The molecule has 0 radical (unpaired) electrons. The van der Waals surface area contributed by atoms with Crippen molar-refractivity contribution in [2.45, 2.75) is 44.7 Å². The van der Waals surface area contributed by atoms with Crippen LogP contribution in [0.15, 0.2) is 0 Å². The second-order valence-corrected chi connectivity index (χ2v) is 6.54. The number of methoxy groups -OCH3 is 2. The molecule has 5 heteroatoms. The molecule has 1 aliphatic carbocycles. The summed E-state index contributed by atoms with van der Waals surface area (Å²) >= 11 is 1.81. The fourth-order valence-corrected chi connectivity index (χ4v) is 3.60. The van der Waals surface area contributed by atoms with E-state index in [9.17, 15) is 4.79 Å². The molecule has 1 atom stereocenters. The first-order valence-electron chi connectivity index (χ1n) is 6.99. The van der Waals surface area contributed by atoms with Crippen LogP contribution in [0.25, 0.3) is 0 Å². The highest BCUT2D eigenvalue weighted by atomic mass is 32.2. The lowest BCUT2D eigenvalue weighted by Gasteiger charge is -2.34. The molecule has 0 aromatic carbocycles. The Morgan fingerprint density at radius 1 is 1.42 bits per heavy atom. The summed E-state index contributed by atoms with van der Waals surface area (Å²) in [6.45, 7) is 4.94. The van der Waals surface area contributed by atoms with Gasteiger partial charge in [0.05, 0.1) is 7.11 Å². The number of nitrogens with one attached hydrogen (secondary N) is 1. The van der Waals surface area contributed by atoms with Crippen LogP contribution in [0.4, 0.5) is 0 Å². The van der Waals surface area contributed by atoms with Gasteiger partial charge in [0.1, 0.15) is 5.54 Å². The summed E-state index contributed by atoms with van der Waals surface area (Å²) in [6.07, 6.45) is 3.26. The van der Waals surface area contributed by atoms with E-state index >= 15 is 0 Å². The van der Waals surface area contributed by atoms with Crippen molar-refractivity contribution in [3.8, 4) is 0 Å². The van der Waals surface area contributed by atoms with Crippen molar-refractivity contribution in [2.75, 3.05) is 32.3 Å². The average Bonchev–Trinajstić information content (AvgIpc) is 3.20. The molecular formula is C14H27NO3S. The summed E-state index contributed by atoms with van der Waals surface area (Å²) in [7, 11) is 3.20. The fraction of sp³-hybridized carbons (Fsp3) is 0.929. The Bertz CT molecular complexity index is 282. The zero-order valence-electron chi connectivity index (χ0n) is 12.5. The van der Waals surface area contributed by atoms with Crippen molar-refractivity contribution in [1.29, 1.82) is 0 Å². The molecule has 0 aromatic rings. The average molecular weight is 289 g/mol. The quantitative estimate of drug-likeness (QED) is 0.493. The maximum Gasteiger partial charge on any atom is 0.327 e. The van der Waals surface area contributed by atoms with E-state index in [1.54, 1.807) is 7.11 Å². The van der Waals surface area contributed by atoms with Crippen LogP contribution in [0, 0.1) is 5.92 Å². The predicted octanol–water partition coefficient (Wildman–Crippen LogP) is 2.08. The Labute approximate surface area is 121 Å². The molecule has 0 amide bonds. The summed E-state index contributed by atoms with van der Waals surface area (Å²) in [5.41, 5.74) is -0.499. The zero-order valence-corrected chi connectivity index (χ0v) is 13.3. The highest BCUT2D eigenvalue weighted by Gasteiger charge is 2.51. The second kappa shape index (κ2) is 8.12. The van der Waals surface area contributed by atoms with Crippen LogP contribution in [0.3, 0.4) is 0 Å². The van der Waals surface area contributed by atoms with Gasteiger partial charge in [0.2, 0.25) is 0 Å². The molecule has 1 aliphatic rings. The molecule has 1 fully saturated rings. The number of hydrogen-bond donors (Lipinski definition) is 1. The van der Waals surface area contributed by atoms with Crippen molar-refractivity contribution in [3.05, 3.63) is 0 Å². The van der Waals surface area contributed by atoms with E-state index in [0.717, 1.165) is 37.4 Å². The molecule has 1 N–H and O–H groups in total. The van der Waals surface area contributed by atoms with E-state index in [0.29, 0.717) is 5.92 Å². The maximum absolute atomic E-state index is 12.2. The predicted molar refractivity (Wildman–Crippen MR) is 79.6 cm³/mol. The van der Waals surface area contributed by atoms with Crippen molar-refractivity contribution in [3.63, 3.8) is 0 Å². The molecule has 4 nitrogen and oxygen atoms in total. The molecule has 0 spiro atoms. The zero-order chi connectivity index (χ0) is 14.3. The van der Waals surface area contributed by atoms with E-state index < -0.39 is 5.54 Å². The van der Waals surface area contributed by atoms with E-state index in [2.05, 4.69) is 19.2 Å². The summed E-state index contributed by atoms with van der Waals surface area (Å²) in [6, 6.07) is 0.277. The van der Waals surface area contributed by atoms with Gasteiger partial charge in [-0.1, -0.05) is 0 Å². The molecular weight excluding hydrogens is 262 g/mol. The van der Waals surface area contributed by atoms with E-state index in [1.807, 2.05) is 11.8 Å². The first-order valence-corrected chi connectivity index (χ1v) is 8.15. The third-order valence-corrected chi connectivity index (χ3v) is 4.57. The number of rotatable bonds is 10.